The first-order chi connectivity index (χ1) is 12.1. The van der Waals surface area contributed by atoms with Gasteiger partial charge in [-0.2, -0.15) is 0 Å². The lowest BCUT2D eigenvalue weighted by atomic mass is 9.81. The van der Waals surface area contributed by atoms with E-state index >= 15 is 0 Å². The number of hydrogen-bond acceptors (Lipinski definition) is 3. The number of amides is 2. The Kier molecular flexibility index (Phi) is 6.24. The SMILES string of the molecule is CC(C)(C)CC(C)(C)NC(=O)C(NC(=O)c1ccccc1)c1cccs1. The molecular weight excluding hydrogens is 344 g/mol. The molecule has 0 bridgehead atoms. The quantitative estimate of drug-likeness (QED) is 0.781. The Labute approximate surface area is 160 Å². The number of hydrogen-bond donors (Lipinski definition) is 2. The van der Waals surface area contributed by atoms with Gasteiger partial charge in [-0.05, 0) is 49.3 Å². The van der Waals surface area contributed by atoms with Gasteiger partial charge in [-0.1, -0.05) is 45.0 Å². The van der Waals surface area contributed by atoms with Gasteiger partial charge in [0.1, 0.15) is 6.04 Å². The van der Waals surface area contributed by atoms with Crippen LogP contribution in [0.2, 0.25) is 0 Å². The Bertz CT molecular complexity index is 731. The molecular formula is C21H28N2O2S. The third-order valence-electron chi connectivity index (χ3n) is 3.84. The van der Waals surface area contributed by atoms with Crippen LogP contribution in [0.15, 0.2) is 47.8 Å². The van der Waals surface area contributed by atoms with Gasteiger partial charge in [0.25, 0.3) is 5.91 Å². The third-order valence-corrected chi connectivity index (χ3v) is 4.77. The van der Waals surface area contributed by atoms with E-state index in [9.17, 15) is 9.59 Å². The fourth-order valence-electron chi connectivity index (χ4n) is 3.30. The highest BCUT2D eigenvalue weighted by Crippen LogP contribution is 2.28. The number of benzene rings is 1. The average molecular weight is 373 g/mol. The molecule has 1 heterocycles. The molecule has 140 valence electrons. The topological polar surface area (TPSA) is 58.2 Å². The molecule has 0 aliphatic carbocycles. The summed E-state index contributed by atoms with van der Waals surface area (Å²) in [5.74, 6) is -0.446. The van der Waals surface area contributed by atoms with Crippen molar-refractivity contribution < 1.29 is 9.59 Å². The van der Waals surface area contributed by atoms with E-state index in [4.69, 9.17) is 0 Å². The van der Waals surface area contributed by atoms with Crippen LogP contribution >= 0.6 is 11.3 Å². The monoisotopic (exact) mass is 372 g/mol. The Morgan fingerprint density at radius 3 is 2.19 bits per heavy atom. The normalized spacial score (nSPS) is 13.1. The second kappa shape index (κ2) is 8.04. The van der Waals surface area contributed by atoms with Gasteiger partial charge in [0.2, 0.25) is 5.91 Å². The molecule has 0 saturated heterocycles. The van der Waals surface area contributed by atoms with Crippen LogP contribution < -0.4 is 10.6 Å². The van der Waals surface area contributed by atoms with E-state index in [1.807, 2.05) is 49.6 Å². The molecule has 0 radical (unpaired) electrons. The zero-order valence-electron chi connectivity index (χ0n) is 16.1. The van der Waals surface area contributed by atoms with Gasteiger partial charge in [0, 0.05) is 16.0 Å². The van der Waals surface area contributed by atoms with Crippen LogP contribution in [0.5, 0.6) is 0 Å². The fraction of sp³-hybridized carbons (Fsp3) is 0.429. The van der Waals surface area contributed by atoms with Gasteiger partial charge in [-0.25, -0.2) is 0 Å². The molecule has 0 aliphatic heterocycles. The second-order valence-electron chi connectivity index (χ2n) is 8.40. The van der Waals surface area contributed by atoms with Crippen molar-refractivity contribution in [1.29, 1.82) is 0 Å². The summed E-state index contributed by atoms with van der Waals surface area (Å²) in [6, 6.07) is 12.0. The summed E-state index contributed by atoms with van der Waals surface area (Å²) in [5, 5.41) is 7.90. The average Bonchev–Trinajstić information content (AvgIpc) is 3.04. The summed E-state index contributed by atoms with van der Waals surface area (Å²) in [6.45, 7) is 10.5. The van der Waals surface area contributed by atoms with E-state index in [0.29, 0.717) is 5.56 Å². The van der Waals surface area contributed by atoms with Crippen LogP contribution in [0.4, 0.5) is 0 Å². The number of carbonyl (C=O) groups excluding carboxylic acids is 2. The predicted octanol–water partition coefficient (Wildman–Crippen LogP) is 4.55. The summed E-state index contributed by atoms with van der Waals surface area (Å²) in [4.78, 5) is 26.4. The maximum atomic E-state index is 13.0. The van der Waals surface area contributed by atoms with Crippen LogP contribution in [-0.4, -0.2) is 17.4 Å². The van der Waals surface area contributed by atoms with E-state index in [0.717, 1.165) is 11.3 Å². The standard InChI is InChI=1S/C21H28N2O2S/c1-20(2,3)14-21(4,5)23-19(25)17(16-12-9-13-26-16)22-18(24)15-10-7-6-8-11-15/h6-13,17H,14H2,1-5H3,(H,22,24)(H,23,25). The Balaban J connectivity index is 2.17. The van der Waals surface area contributed by atoms with Gasteiger partial charge >= 0.3 is 0 Å². The van der Waals surface area contributed by atoms with Gasteiger partial charge in [0.05, 0.1) is 0 Å². The van der Waals surface area contributed by atoms with Crippen LogP contribution in [0.3, 0.4) is 0 Å². The molecule has 1 unspecified atom stereocenters. The molecule has 0 saturated carbocycles. The molecule has 26 heavy (non-hydrogen) atoms. The van der Waals surface area contributed by atoms with Crippen molar-refractivity contribution >= 4 is 23.2 Å². The molecule has 4 nitrogen and oxygen atoms in total. The van der Waals surface area contributed by atoms with Crippen molar-refractivity contribution in [3.05, 3.63) is 58.3 Å². The lowest BCUT2D eigenvalue weighted by molar-refractivity contribution is -0.125. The molecule has 1 atom stereocenters. The lowest BCUT2D eigenvalue weighted by Crippen LogP contribution is -2.50. The molecule has 0 spiro atoms. The lowest BCUT2D eigenvalue weighted by Gasteiger charge is -2.34. The summed E-state index contributed by atoms with van der Waals surface area (Å²) < 4.78 is 0. The van der Waals surface area contributed by atoms with Crippen LogP contribution in [0.1, 0.15) is 62.3 Å². The molecule has 5 heteroatoms. The first-order valence-electron chi connectivity index (χ1n) is 8.79. The van der Waals surface area contributed by atoms with Gasteiger partial charge in [-0.3, -0.25) is 9.59 Å². The molecule has 1 aromatic carbocycles. The van der Waals surface area contributed by atoms with E-state index < -0.39 is 6.04 Å². The van der Waals surface area contributed by atoms with E-state index in [2.05, 4.69) is 31.4 Å². The van der Waals surface area contributed by atoms with Gasteiger partial charge in [0.15, 0.2) is 0 Å². The van der Waals surface area contributed by atoms with Crippen molar-refractivity contribution in [3.8, 4) is 0 Å². The van der Waals surface area contributed by atoms with Gasteiger partial charge < -0.3 is 10.6 Å². The number of thiophene rings is 1. The van der Waals surface area contributed by atoms with Crippen molar-refractivity contribution in [2.45, 2.75) is 52.6 Å². The maximum Gasteiger partial charge on any atom is 0.252 e. The predicted molar refractivity (Wildman–Crippen MR) is 107 cm³/mol. The van der Waals surface area contributed by atoms with E-state index in [-0.39, 0.29) is 22.8 Å². The molecule has 2 N–H and O–H groups in total. The highest BCUT2D eigenvalue weighted by molar-refractivity contribution is 7.10. The minimum Gasteiger partial charge on any atom is -0.349 e. The van der Waals surface area contributed by atoms with Crippen molar-refractivity contribution in [2.75, 3.05) is 0 Å². The minimum absolute atomic E-state index is 0.0858. The first kappa shape index (κ1) is 20.2. The number of rotatable bonds is 6. The van der Waals surface area contributed by atoms with E-state index in [1.165, 1.54) is 11.3 Å². The van der Waals surface area contributed by atoms with Crippen LogP contribution in [0, 0.1) is 5.41 Å². The summed E-state index contributed by atoms with van der Waals surface area (Å²) >= 11 is 1.46. The largest absolute Gasteiger partial charge is 0.349 e. The first-order valence-corrected chi connectivity index (χ1v) is 9.67. The van der Waals surface area contributed by atoms with Crippen molar-refractivity contribution in [1.82, 2.24) is 10.6 Å². The maximum absolute atomic E-state index is 13.0. The molecule has 1 aromatic heterocycles. The highest BCUT2D eigenvalue weighted by Gasteiger charge is 2.31. The Morgan fingerprint density at radius 2 is 1.65 bits per heavy atom. The zero-order valence-corrected chi connectivity index (χ0v) is 16.9. The smallest absolute Gasteiger partial charge is 0.252 e. The molecule has 0 fully saturated rings. The summed E-state index contributed by atoms with van der Waals surface area (Å²) in [7, 11) is 0. The van der Waals surface area contributed by atoms with Gasteiger partial charge in [-0.15, -0.1) is 11.3 Å². The Hall–Kier alpha value is -2.14. The van der Waals surface area contributed by atoms with Crippen LogP contribution in [-0.2, 0) is 4.79 Å². The van der Waals surface area contributed by atoms with E-state index in [1.54, 1.807) is 12.1 Å². The number of nitrogens with one attached hydrogen (secondary N) is 2. The minimum atomic E-state index is -0.707. The zero-order chi connectivity index (χ0) is 19.4. The highest BCUT2D eigenvalue weighted by atomic mass is 32.1. The third kappa shape index (κ3) is 5.99. The number of carbonyl (C=O) groups is 2. The molecule has 2 aromatic rings. The van der Waals surface area contributed by atoms with Crippen molar-refractivity contribution in [2.24, 2.45) is 5.41 Å². The fourth-order valence-corrected chi connectivity index (χ4v) is 4.07. The Morgan fingerprint density at radius 1 is 1.00 bits per heavy atom. The summed E-state index contributed by atoms with van der Waals surface area (Å²) in [6.07, 6.45) is 0.829. The van der Waals surface area contributed by atoms with Crippen LogP contribution in [0.25, 0.3) is 0 Å². The molecule has 2 rings (SSSR count). The second-order valence-corrected chi connectivity index (χ2v) is 9.38. The van der Waals surface area contributed by atoms with Crippen molar-refractivity contribution in [3.63, 3.8) is 0 Å². The molecule has 2 amide bonds. The molecule has 0 aliphatic rings. The summed E-state index contributed by atoms with van der Waals surface area (Å²) in [5.41, 5.74) is 0.251.